The van der Waals surface area contributed by atoms with Crippen LogP contribution in [0, 0.1) is 6.92 Å². The fraction of sp³-hybridized carbons (Fsp3) is 0.357. The Labute approximate surface area is 117 Å². The Balaban J connectivity index is 2.17. The molecule has 0 radical (unpaired) electrons. The summed E-state index contributed by atoms with van der Waals surface area (Å²) >= 11 is 0. The highest BCUT2D eigenvalue weighted by Gasteiger charge is 2.14. The summed E-state index contributed by atoms with van der Waals surface area (Å²) in [4.78, 5) is 17.9. The molecule has 106 valence electrons. The number of aromatic nitrogens is 2. The van der Waals surface area contributed by atoms with Gasteiger partial charge >= 0.3 is 0 Å². The maximum absolute atomic E-state index is 12.2. The van der Waals surface area contributed by atoms with Gasteiger partial charge in [-0.05, 0) is 38.1 Å². The Bertz CT molecular complexity index is 578. The molecule has 1 aromatic carbocycles. The molecule has 0 spiro atoms. The Morgan fingerprint density at radius 1 is 1.35 bits per heavy atom. The first kappa shape index (κ1) is 14.2. The predicted octanol–water partition coefficient (Wildman–Crippen LogP) is 1.50. The van der Waals surface area contributed by atoms with Gasteiger partial charge in [-0.15, -0.1) is 0 Å². The summed E-state index contributed by atoms with van der Waals surface area (Å²) in [6, 6.07) is 6.98. The first-order valence-corrected chi connectivity index (χ1v) is 6.46. The van der Waals surface area contributed by atoms with Crippen molar-refractivity contribution in [2.45, 2.75) is 13.8 Å². The third kappa shape index (κ3) is 3.03. The molecule has 0 aliphatic rings. The van der Waals surface area contributed by atoms with E-state index in [-0.39, 0.29) is 12.5 Å². The summed E-state index contributed by atoms with van der Waals surface area (Å²) in [5, 5.41) is 12.7. The molecule has 20 heavy (non-hydrogen) atoms. The van der Waals surface area contributed by atoms with E-state index in [4.69, 9.17) is 9.63 Å². The number of benzene rings is 1. The number of aliphatic hydroxyl groups is 1. The van der Waals surface area contributed by atoms with Crippen molar-refractivity contribution in [1.29, 1.82) is 0 Å². The smallest absolute Gasteiger partial charge is 0.257 e. The maximum Gasteiger partial charge on any atom is 0.257 e. The number of hydrogen-bond acceptors (Lipinski definition) is 5. The molecule has 2 aromatic rings. The summed E-state index contributed by atoms with van der Waals surface area (Å²) < 4.78 is 5.07. The Hall–Kier alpha value is -2.21. The van der Waals surface area contributed by atoms with Crippen LogP contribution in [0.15, 0.2) is 28.8 Å². The molecule has 6 nitrogen and oxygen atoms in total. The molecule has 0 saturated heterocycles. The molecule has 0 fully saturated rings. The number of carbonyl (C=O) groups excluding carboxylic acids is 1. The molecule has 0 atom stereocenters. The quantitative estimate of drug-likeness (QED) is 0.894. The van der Waals surface area contributed by atoms with Gasteiger partial charge in [-0.3, -0.25) is 4.79 Å². The van der Waals surface area contributed by atoms with Crippen LogP contribution in [0.25, 0.3) is 11.5 Å². The van der Waals surface area contributed by atoms with Gasteiger partial charge in [0, 0.05) is 24.2 Å². The second-order valence-corrected chi connectivity index (χ2v) is 4.33. The van der Waals surface area contributed by atoms with Crippen molar-refractivity contribution < 1.29 is 14.4 Å². The molecule has 1 N–H and O–H groups in total. The first-order valence-electron chi connectivity index (χ1n) is 6.46. The standard InChI is InChI=1S/C14H17N3O3/c1-3-17(8-9-18)14(19)12-6-4-11(5-7-12)13-15-10(2)16-20-13/h4-7,18H,3,8-9H2,1-2H3. The fourth-order valence-electron chi connectivity index (χ4n) is 1.88. The van der Waals surface area contributed by atoms with Crippen LogP contribution in [0.1, 0.15) is 23.1 Å². The minimum atomic E-state index is -0.102. The molecule has 1 aromatic heterocycles. The minimum absolute atomic E-state index is 0.0427. The molecule has 0 bridgehead atoms. The number of carbonyl (C=O) groups is 1. The van der Waals surface area contributed by atoms with Gasteiger partial charge in [0.25, 0.3) is 11.8 Å². The van der Waals surface area contributed by atoms with E-state index in [0.717, 1.165) is 5.56 Å². The van der Waals surface area contributed by atoms with Crippen molar-refractivity contribution in [3.63, 3.8) is 0 Å². The molecule has 0 unspecified atom stereocenters. The molecular formula is C14H17N3O3. The zero-order valence-corrected chi connectivity index (χ0v) is 11.5. The van der Waals surface area contributed by atoms with E-state index in [1.807, 2.05) is 6.92 Å². The van der Waals surface area contributed by atoms with E-state index < -0.39 is 0 Å². The molecular weight excluding hydrogens is 258 g/mol. The zero-order chi connectivity index (χ0) is 14.5. The van der Waals surface area contributed by atoms with Crippen molar-refractivity contribution in [3.8, 4) is 11.5 Å². The zero-order valence-electron chi connectivity index (χ0n) is 11.5. The van der Waals surface area contributed by atoms with Crippen molar-refractivity contribution in [2.24, 2.45) is 0 Å². The molecule has 0 aliphatic heterocycles. The number of hydrogen-bond donors (Lipinski definition) is 1. The molecule has 0 aliphatic carbocycles. The highest BCUT2D eigenvalue weighted by molar-refractivity contribution is 5.94. The average Bonchev–Trinajstić information content (AvgIpc) is 2.91. The molecule has 1 heterocycles. The van der Waals surface area contributed by atoms with E-state index in [0.29, 0.717) is 30.4 Å². The van der Waals surface area contributed by atoms with Crippen LogP contribution in [0.5, 0.6) is 0 Å². The lowest BCUT2D eigenvalue weighted by Crippen LogP contribution is -2.33. The summed E-state index contributed by atoms with van der Waals surface area (Å²) in [5.41, 5.74) is 1.34. The van der Waals surface area contributed by atoms with E-state index in [2.05, 4.69) is 10.1 Å². The van der Waals surface area contributed by atoms with Gasteiger partial charge in [0.1, 0.15) is 0 Å². The van der Waals surface area contributed by atoms with Gasteiger partial charge in [0.2, 0.25) is 0 Å². The van der Waals surface area contributed by atoms with Crippen molar-refractivity contribution in [3.05, 3.63) is 35.7 Å². The molecule has 6 heteroatoms. The van der Waals surface area contributed by atoms with Crippen LogP contribution in [0.2, 0.25) is 0 Å². The Morgan fingerprint density at radius 3 is 2.55 bits per heavy atom. The topological polar surface area (TPSA) is 79.5 Å². The summed E-state index contributed by atoms with van der Waals surface area (Å²) in [6.07, 6.45) is 0. The predicted molar refractivity (Wildman–Crippen MR) is 73.1 cm³/mol. The number of nitrogens with zero attached hydrogens (tertiary/aromatic N) is 3. The summed E-state index contributed by atoms with van der Waals surface area (Å²) in [7, 11) is 0. The molecule has 2 rings (SSSR count). The number of aliphatic hydroxyl groups excluding tert-OH is 1. The van der Waals surface area contributed by atoms with Crippen molar-refractivity contribution in [1.82, 2.24) is 15.0 Å². The van der Waals surface area contributed by atoms with E-state index >= 15 is 0 Å². The highest BCUT2D eigenvalue weighted by atomic mass is 16.5. The van der Waals surface area contributed by atoms with E-state index in [9.17, 15) is 4.79 Å². The van der Waals surface area contributed by atoms with Gasteiger partial charge in [0.05, 0.1) is 6.61 Å². The Kier molecular flexibility index (Phi) is 4.47. The average molecular weight is 275 g/mol. The molecule has 0 saturated carbocycles. The lowest BCUT2D eigenvalue weighted by Gasteiger charge is -2.19. The van der Waals surface area contributed by atoms with Gasteiger partial charge in [-0.25, -0.2) is 0 Å². The first-order chi connectivity index (χ1) is 9.65. The van der Waals surface area contributed by atoms with Crippen LogP contribution in [0.4, 0.5) is 0 Å². The third-order valence-corrected chi connectivity index (χ3v) is 2.95. The molecule has 1 amide bonds. The SMILES string of the molecule is CCN(CCO)C(=O)c1ccc(-c2nc(C)no2)cc1. The van der Waals surface area contributed by atoms with Crippen molar-refractivity contribution >= 4 is 5.91 Å². The van der Waals surface area contributed by atoms with Crippen LogP contribution >= 0.6 is 0 Å². The number of amides is 1. The second kappa shape index (κ2) is 6.29. The van der Waals surface area contributed by atoms with Crippen molar-refractivity contribution in [2.75, 3.05) is 19.7 Å². The fourth-order valence-corrected chi connectivity index (χ4v) is 1.88. The van der Waals surface area contributed by atoms with E-state index in [1.165, 1.54) is 0 Å². The second-order valence-electron chi connectivity index (χ2n) is 4.33. The van der Waals surface area contributed by atoms with Gasteiger partial charge in [-0.2, -0.15) is 4.98 Å². The van der Waals surface area contributed by atoms with E-state index in [1.54, 1.807) is 36.1 Å². The van der Waals surface area contributed by atoms with Crippen LogP contribution < -0.4 is 0 Å². The lowest BCUT2D eigenvalue weighted by molar-refractivity contribution is 0.0732. The lowest BCUT2D eigenvalue weighted by atomic mass is 10.1. The summed E-state index contributed by atoms with van der Waals surface area (Å²) in [6.45, 7) is 4.48. The van der Waals surface area contributed by atoms with Gasteiger partial charge in [-0.1, -0.05) is 5.16 Å². The minimum Gasteiger partial charge on any atom is -0.395 e. The number of rotatable bonds is 5. The van der Waals surface area contributed by atoms with Crippen LogP contribution in [0.3, 0.4) is 0 Å². The third-order valence-electron chi connectivity index (χ3n) is 2.95. The Morgan fingerprint density at radius 2 is 2.05 bits per heavy atom. The maximum atomic E-state index is 12.2. The monoisotopic (exact) mass is 275 g/mol. The van der Waals surface area contributed by atoms with Gasteiger partial charge in [0.15, 0.2) is 5.82 Å². The number of aryl methyl sites for hydroxylation is 1. The number of likely N-dealkylation sites (N-methyl/N-ethyl adjacent to an activating group) is 1. The largest absolute Gasteiger partial charge is 0.395 e. The summed E-state index contributed by atoms with van der Waals surface area (Å²) in [5.74, 6) is 0.902. The normalized spacial score (nSPS) is 10.6. The van der Waals surface area contributed by atoms with Crippen LogP contribution in [-0.4, -0.2) is 45.8 Å². The van der Waals surface area contributed by atoms with Gasteiger partial charge < -0.3 is 14.5 Å². The van der Waals surface area contributed by atoms with Crippen LogP contribution in [-0.2, 0) is 0 Å². The highest BCUT2D eigenvalue weighted by Crippen LogP contribution is 2.18.